The number of furan rings is 1. The molecule has 5 nitrogen and oxygen atoms in total. The van der Waals surface area contributed by atoms with Crippen molar-refractivity contribution < 1.29 is 17.9 Å². The minimum atomic E-state index is -3.86. The molecule has 0 fully saturated rings. The maximum Gasteiger partial charge on any atom is 0.265 e. The molecule has 0 atom stereocenters. The Hall–Kier alpha value is -2.57. The van der Waals surface area contributed by atoms with E-state index in [1.165, 1.54) is 10.6 Å². The highest BCUT2D eigenvalue weighted by molar-refractivity contribution is 7.93. The minimum absolute atomic E-state index is 0.0289. The van der Waals surface area contributed by atoms with Gasteiger partial charge in [0.25, 0.3) is 10.0 Å². The van der Waals surface area contributed by atoms with Crippen LogP contribution in [0.2, 0.25) is 0 Å². The van der Waals surface area contributed by atoms with Gasteiger partial charge in [-0.05, 0) is 36.4 Å². The van der Waals surface area contributed by atoms with Crippen molar-refractivity contribution in [1.82, 2.24) is 0 Å². The second-order valence-corrected chi connectivity index (χ2v) is 6.94. The zero-order chi connectivity index (χ0) is 17.0. The van der Waals surface area contributed by atoms with Gasteiger partial charge in [0.1, 0.15) is 5.76 Å². The SMILES string of the molecule is O=S(=O)(c1ccccc1-c1ccco1)N(CCO)c1ccccc1. The number of sulfonamides is 1. The summed E-state index contributed by atoms with van der Waals surface area (Å²) < 4.78 is 33.0. The van der Waals surface area contributed by atoms with Crippen molar-refractivity contribution in [2.24, 2.45) is 0 Å². The van der Waals surface area contributed by atoms with E-state index in [1.54, 1.807) is 60.7 Å². The predicted octanol–water partition coefficient (Wildman–Crippen LogP) is 3.13. The van der Waals surface area contributed by atoms with E-state index in [0.717, 1.165) is 0 Å². The van der Waals surface area contributed by atoms with Gasteiger partial charge in [-0.1, -0.05) is 30.3 Å². The van der Waals surface area contributed by atoms with Crippen molar-refractivity contribution in [1.29, 1.82) is 0 Å². The van der Waals surface area contributed by atoms with Crippen molar-refractivity contribution in [3.63, 3.8) is 0 Å². The fraction of sp³-hybridized carbons (Fsp3) is 0.111. The lowest BCUT2D eigenvalue weighted by Gasteiger charge is -2.24. The molecule has 1 aromatic heterocycles. The first kappa shape index (κ1) is 16.3. The van der Waals surface area contributed by atoms with Crippen LogP contribution in [-0.2, 0) is 10.0 Å². The van der Waals surface area contributed by atoms with Gasteiger partial charge in [0.05, 0.1) is 30.0 Å². The zero-order valence-corrected chi connectivity index (χ0v) is 13.7. The standard InChI is InChI=1S/C18H17NO4S/c20-13-12-19(15-7-2-1-3-8-15)24(21,22)18-11-5-4-9-16(18)17-10-6-14-23-17/h1-11,14,20H,12-13H2. The second kappa shape index (κ2) is 6.90. The van der Waals surface area contributed by atoms with Crippen LogP contribution in [0.3, 0.4) is 0 Å². The summed E-state index contributed by atoms with van der Waals surface area (Å²) in [6, 6.07) is 18.8. The number of nitrogens with zero attached hydrogens (tertiary/aromatic N) is 1. The normalized spacial score (nSPS) is 11.4. The van der Waals surface area contributed by atoms with Crippen LogP contribution in [0.15, 0.2) is 82.3 Å². The highest BCUT2D eigenvalue weighted by Gasteiger charge is 2.27. The number of anilines is 1. The molecule has 3 aromatic rings. The van der Waals surface area contributed by atoms with Crippen LogP contribution in [0, 0.1) is 0 Å². The van der Waals surface area contributed by atoms with E-state index < -0.39 is 10.0 Å². The lowest BCUT2D eigenvalue weighted by atomic mass is 10.2. The zero-order valence-electron chi connectivity index (χ0n) is 12.9. The molecular weight excluding hydrogens is 326 g/mol. The van der Waals surface area contributed by atoms with Gasteiger partial charge in [0.15, 0.2) is 0 Å². The number of para-hydroxylation sites is 1. The Labute approximate surface area is 140 Å². The first-order valence-electron chi connectivity index (χ1n) is 7.46. The van der Waals surface area contributed by atoms with Crippen LogP contribution in [0.25, 0.3) is 11.3 Å². The summed E-state index contributed by atoms with van der Waals surface area (Å²) in [5.41, 5.74) is 0.988. The molecule has 2 aromatic carbocycles. The molecule has 0 aliphatic rings. The average molecular weight is 343 g/mol. The molecular formula is C18H17NO4S. The van der Waals surface area contributed by atoms with Gasteiger partial charge in [-0.25, -0.2) is 8.42 Å². The fourth-order valence-corrected chi connectivity index (χ4v) is 4.17. The summed E-state index contributed by atoms with van der Waals surface area (Å²) in [5.74, 6) is 0.478. The van der Waals surface area contributed by atoms with Gasteiger partial charge >= 0.3 is 0 Å². The first-order chi connectivity index (χ1) is 11.6. The lowest BCUT2D eigenvalue weighted by Crippen LogP contribution is -2.33. The van der Waals surface area contributed by atoms with Crippen LogP contribution in [0.4, 0.5) is 5.69 Å². The van der Waals surface area contributed by atoms with E-state index >= 15 is 0 Å². The molecule has 0 aliphatic carbocycles. The van der Waals surface area contributed by atoms with E-state index in [0.29, 0.717) is 17.0 Å². The smallest absolute Gasteiger partial charge is 0.265 e. The fourth-order valence-electron chi connectivity index (χ4n) is 2.52. The summed E-state index contributed by atoms with van der Waals surface area (Å²) in [6.07, 6.45) is 1.50. The van der Waals surface area contributed by atoms with Gasteiger partial charge in [-0.2, -0.15) is 0 Å². The first-order valence-corrected chi connectivity index (χ1v) is 8.90. The molecule has 0 aliphatic heterocycles. The van der Waals surface area contributed by atoms with E-state index in [1.807, 2.05) is 6.07 Å². The van der Waals surface area contributed by atoms with Crippen molar-refractivity contribution in [3.05, 3.63) is 73.0 Å². The van der Waals surface area contributed by atoms with Gasteiger partial charge in [0.2, 0.25) is 0 Å². The monoisotopic (exact) mass is 343 g/mol. The molecule has 1 heterocycles. The van der Waals surface area contributed by atoms with Crippen LogP contribution in [0.5, 0.6) is 0 Å². The maximum atomic E-state index is 13.2. The van der Waals surface area contributed by atoms with E-state index in [-0.39, 0.29) is 18.0 Å². The van der Waals surface area contributed by atoms with Crippen molar-refractivity contribution >= 4 is 15.7 Å². The van der Waals surface area contributed by atoms with Gasteiger partial charge in [0, 0.05) is 5.56 Å². The van der Waals surface area contributed by atoms with Crippen molar-refractivity contribution in [3.8, 4) is 11.3 Å². The topological polar surface area (TPSA) is 70.8 Å². The number of hydrogen-bond donors (Lipinski definition) is 1. The molecule has 0 spiro atoms. The number of rotatable bonds is 6. The molecule has 3 rings (SSSR count). The molecule has 24 heavy (non-hydrogen) atoms. The summed E-state index contributed by atoms with van der Waals surface area (Å²) in [5, 5.41) is 9.34. The molecule has 0 bridgehead atoms. The molecule has 6 heteroatoms. The maximum absolute atomic E-state index is 13.2. The van der Waals surface area contributed by atoms with E-state index in [4.69, 9.17) is 4.42 Å². The third kappa shape index (κ3) is 3.06. The number of aliphatic hydroxyl groups excluding tert-OH is 1. The Bertz CT molecular complexity index is 890. The highest BCUT2D eigenvalue weighted by atomic mass is 32.2. The molecule has 1 N–H and O–H groups in total. The highest BCUT2D eigenvalue weighted by Crippen LogP contribution is 2.31. The number of benzene rings is 2. The number of hydrogen-bond acceptors (Lipinski definition) is 4. The Balaban J connectivity index is 2.13. The molecule has 124 valence electrons. The van der Waals surface area contributed by atoms with E-state index in [9.17, 15) is 13.5 Å². The number of aliphatic hydroxyl groups is 1. The molecule has 0 amide bonds. The summed E-state index contributed by atoms with van der Waals surface area (Å²) in [7, 11) is -3.86. The Morgan fingerprint density at radius 3 is 2.29 bits per heavy atom. The molecule has 0 saturated carbocycles. The van der Waals surface area contributed by atoms with Crippen LogP contribution >= 0.6 is 0 Å². The molecule has 0 saturated heterocycles. The average Bonchev–Trinajstić information content (AvgIpc) is 3.15. The predicted molar refractivity (Wildman–Crippen MR) is 92.2 cm³/mol. The lowest BCUT2D eigenvalue weighted by molar-refractivity contribution is 0.306. The minimum Gasteiger partial charge on any atom is -0.464 e. The van der Waals surface area contributed by atoms with Crippen LogP contribution < -0.4 is 4.31 Å². The van der Waals surface area contributed by atoms with Gasteiger partial charge in [-0.3, -0.25) is 4.31 Å². The van der Waals surface area contributed by atoms with Crippen LogP contribution in [0.1, 0.15) is 0 Å². The van der Waals surface area contributed by atoms with Crippen molar-refractivity contribution in [2.45, 2.75) is 4.90 Å². The Kier molecular flexibility index (Phi) is 4.69. The Morgan fingerprint density at radius 1 is 0.917 bits per heavy atom. The summed E-state index contributed by atoms with van der Waals surface area (Å²) in [6.45, 7) is -0.310. The Morgan fingerprint density at radius 2 is 1.62 bits per heavy atom. The molecule has 0 unspecified atom stereocenters. The third-order valence-corrected chi connectivity index (χ3v) is 5.47. The molecule has 0 radical (unpaired) electrons. The second-order valence-electron chi connectivity index (χ2n) is 5.11. The summed E-state index contributed by atoms with van der Waals surface area (Å²) in [4.78, 5) is 0.136. The van der Waals surface area contributed by atoms with Crippen molar-refractivity contribution in [2.75, 3.05) is 17.5 Å². The van der Waals surface area contributed by atoms with Crippen LogP contribution in [-0.4, -0.2) is 26.7 Å². The largest absolute Gasteiger partial charge is 0.464 e. The van der Waals surface area contributed by atoms with Gasteiger partial charge < -0.3 is 9.52 Å². The summed E-state index contributed by atoms with van der Waals surface area (Å²) >= 11 is 0. The van der Waals surface area contributed by atoms with E-state index in [2.05, 4.69) is 0 Å². The van der Waals surface area contributed by atoms with Gasteiger partial charge in [-0.15, -0.1) is 0 Å². The quantitative estimate of drug-likeness (QED) is 0.746. The third-order valence-electron chi connectivity index (χ3n) is 3.59.